The molecule has 6 nitrogen and oxygen atoms in total. The van der Waals surface area contributed by atoms with Crippen molar-refractivity contribution in [2.75, 3.05) is 30.8 Å². The maximum absolute atomic E-state index is 14.0. The summed E-state index contributed by atoms with van der Waals surface area (Å²) in [5.41, 5.74) is 6.86. The van der Waals surface area contributed by atoms with Gasteiger partial charge in [0.1, 0.15) is 11.6 Å². The number of nitrogens with zero attached hydrogens (tertiary/aromatic N) is 3. The van der Waals surface area contributed by atoms with Gasteiger partial charge in [-0.3, -0.25) is 4.98 Å². The summed E-state index contributed by atoms with van der Waals surface area (Å²) in [6.45, 7) is 1.68. The monoisotopic (exact) mass is 327 g/mol. The Balaban J connectivity index is 1.78. The molecule has 1 aliphatic rings. The molecule has 0 radical (unpaired) electrons. The zero-order valence-electron chi connectivity index (χ0n) is 13.1. The standard InChI is InChI=1S/C17H18FN5O/c18-15-9-22-16(20)6-14(15)12-5-13(8-21-7-12)23-11-17(10-19)1-3-24-4-2-17/h5-9,23H,1-4,11H2,(H2,20,22). The molecular formula is C17H18FN5O. The van der Waals surface area contributed by atoms with Gasteiger partial charge < -0.3 is 15.8 Å². The fourth-order valence-corrected chi connectivity index (χ4v) is 2.72. The Morgan fingerprint density at radius 1 is 1.29 bits per heavy atom. The van der Waals surface area contributed by atoms with Gasteiger partial charge in [-0.1, -0.05) is 0 Å². The van der Waals surface area contributed by atoms with Crippen LogP contribution in [0.5, 0.6) is 0 Å². The van der Waals surface area contributed by atoms with Crippen LogP contribution in [-0.4, -0.2) is 29.7 Å². The van der Waals surface area contributed by atoms with Crippen molar-refractivity contribution in [3.8, 4) is 17.2 Å². The second kappa shape index (κ2) is 6.81. The van der Waals surface area contributed by atoms with Crippen LogP contribution in [-0.2, 0) is 4.74 Å². The lowest BCUT2D eigenvalue weighted by atomic mass is 9.81. The molecule has 1 aliphatic heterocycles. The number of nitrogens with one attached hydrogen (secondary N) is 1. The molecule has 3 rings (SSSR count). The van der Waals surface area contributed by atoms with Crippen LogP contribution in [0.4, 0.5) is 15.9 Å². The lowest BCUT2D eigenvalue weighted by Gasteiger charge is -2.31. The highest BCUT2D eigenvalue weighted by Crippen LogP contribution is 2.31. The molecule has 0 aliphatic carbocycles. The van der Waals surface area contributed by atoms with E-state index in [9.17, 15) is 9.65 Å². The summed E-state index contributed by atoms with van der Waals surface area (Å²) in [6, 6.07) is 5.67. The minimum atomic E-state index is -0.457. The number of nitrogens with two attached hydrogens (primary N) is 1. The predicted molar refractivity (Wildman–Crippen MR) is 88.4 cm³/mol. The average molecular weight is 327 g/mol. The first-order chi connectivity index (χ1) is 11.6. The first-order valence-electron chi connectivity index (χ1n) is 7.71. The van der Waals surface area contributed by atoms with Crippen LogP contribution in [0.1, 0.15) is 12.8 Å². The van der Waals surface area contributed by atoms with Crippen LogP contribution in [0.3, 0.4) is 0 Å². The molecule has 0 spiro atoms. The number of anilines is 2. The summed E-state index contributed by atoms with van der Waals surface area (Å²) < 4.78 is 19.3. The van der Waals surface area contributed by atoms with E-state index in [2.05, 4.69) is 21.4 Å². The van der Waals surface area contributed by atoms with Gasteiger partial charge in [-0.2, -0.15) is 5.26 Å². The molecule has 0 amide bonds. The van der Waals surface area contributed by atoms with Crippen molar-refractivity contribution < 1.29 is 9.13 Å². The van der Waals surface area contributed by atoms with E-state index in [1.54, 1.807) is 18.5 Å². The molecule has 0 saturated carbocycles. The van der Waals surface area contributed by atoms with Gasteiger partial charge in [0.25, 0.3) is 0 Å². The van der Waals surface area contributed by atoms with Crippen molar-refractivity contribution in [3.63, 3.8) is 0 Å². The van der Waals surface area contributed by atoms with E-state index in [-0.39, 0.29) is 5.82 Å². The topological polar surface area (TPSA) is 96.9 Å². The Labute approximate surface area is 139 Å². The molecule has 7 heteroatoms. The minimum absolute atomic E-state index is 0.246. The molecule has 3 N–H and O–H groups in total. The van der Waals surface area contributed by atoms with Crippen molar-refractivity contribution in [1.82, 2.24) is 9.97 Å². The van der Waals surface area contributed by atoms with E-state index in [4.69, 9.17) is 10.5 Å². The highest BCUT2D eigenvalue weighted by Gasteiger charge is 2.32. The molecule has 0 atom stereocenters. The summed E-state index contributed by atoms with van der Waals surface area (Å²) in [7, 11) is 0. The van der Waals surface area contributed by atoms with E-state index < -0.39 is 11.2 Å². The highest BCUT2D eigenvalue weighted by molar-refractivity contribution is 5.69. The second-order valence-corrected chi connectivity index (χ2v) is 5.91. The minimum Gasteiger partial charge on any atom is -0.384 e. The molecule has 2 aromatic rings. The van der Waals surface area contributed by atoms with Crippen molar-refractivity contribution >= 4 is 11.5 Å². The molecule has 24 heavy (non-hydrogen) atoms. The normalized spacial score (nSPS) is 16.3. The lowest BCUT2D eigenvalue weighted by Crippen LogP contribution is -2.34. The first-order valence-corrected chi connectivity index (χ1v) is 7.71. The quantitative estimate of drug-likeness (QED) is 0.896. The van der Waals surface area contributed by atoms with Gasteiger partial charge in [-0.05, 0) is 25.0 Å². The zero-order chi connectivity index (χ0) is 17.0. The number of hydrogen-bond donors (Lipinski definition) is 2. The fraction of sp³-hybridized carbons (Fsp3) is 0.353. The van der Waals surface area contributed by atoms with E-state index in [1.165, 1.54) is 6.07 Å². The molecule has 0 unspecified atom stereocenters. The number of halogens is 1. The molecule has 1 saturated heterocycles. The molecule has 1 fully saturated rings. The van der Waals surface area contributed by atoms with Crippen molar-refractivity contribution in [2.24, 2.45) is 5.41 Å². The number of ether oxygens (including phenoxy) is 1. The maximum Gasteiger partial charge on any atom is 0.149 e. The van der Waals surface area contributed by atoms with E-state index in [0.717, 1.165) is 11.9 Å². The number of pyridine rings is 2. The van der Waals surface area contributed by atoms with Crippen LogP contribution >= 0.6 is 0 Å². The maximum atomic E-state index is 14.0. The lowest BCUT2D eigenvalue weighted by molar-refractivity contribution is 0.0456. The van der Waals surface area contributed by atoms with Crippen molar-refractivity contribution in [3.05, 3.63) is 36.5 Å². The smallest absolute Gasteiger partial charge is 0.149 e. The van der Waals surface area contributed by atoms with Gasteiger partial charge in [-0.25, -0.2) is 9.37 Å². The second-order valence-electron chi connectivity index (χ2n) is 5.91. The van der Waals surface area contributed by atoms with Gasteiger partial charge in [0.2, 0.25) is 0 Å². The van der Waals surface area contributed by atoms with Crippen LogP contribution in [0, 0.1) is 22.6 Å². The van der Waals surface area contributed by atoms with Gasteiger partial charge in [0.05, 0.1) is 23.4 Å². The van der Waals surface area contributed by atoms with Gasteiger partial charge in [-0.15, -0.1) is 0 Å². The molecule has 2 aromatic heterocycles. The van der Waals surface area contributed by atoms with Crippen LogP contribution in [0.25, 0.3) is 11.1 Å². The Hall–Kier alpha value is -2.72. The number of aromatic nitrogens is 2. The van der Waals surface area contributed by atoms with Crippen LogP contribution in [0.15, 0.2) is 30.7 Å². The number of rotatable bonds is 4. The first kappa shape index (κ1) is 16.1. The number of nitrogen functional groups attached to an aromatic ring is 1. The fourth-order valence-electron chi connectivity index (χ4n) is 2.72. The van der Waals surface area contributed by atoms with Gasteiger partial charge >= 0.3 is 0 Å². The average Bonchev–Trinajstić information content (AvgIpc) is 2.63. The Bertz CT molecular complexity index is 768. The third-order valence-corrected chi connectivity index (χ3v) is 4.24. The summed E-state index contributed by atoms with van der Waals surface area (Å²) in [6.07, 6.45) is 5.70. The summed E-state index contributed by atoms with van der Waals surface area (Å²) >= 11 is 0. The Kier molecular flexibility index (Phi) is 4.58. The zero-order valence-corrected chi connectivity index (χ0v) is 13.1. The summed E-state index contributed by atoms with van der Waals surface area (Å²) in [5, 5.41) is 12.7. The van der Waals surface area contributed by atoms with Gasteiger partial charge in [0, 0.05) is 43.3 Å². The highest BCUT2D eigenvalue weighted by atomic mass is 19.1. The molecular weight excluding hydrogens is 309 g/mol. The molecule has 124 valence electrons. The SMILES string of the molecule is N#CC1(CNc2cncc(-c3cc(N)ncc3F)c2)CCOCC1. The Morgan fingerprint density at radius 3 is 2.83 bits per heavy atom. The summed E-state index contributed by atoms with van der Waals surface area (Å²) in [5.74, 6) is -0.212. The molecule has 0 bridgehead atoms. The third kappa shape index (κ3) is 3.44. The largest absolute Gasteiger partial charge is 0.384 e. The molecule has 0 aromatic carbocycles. The van der Waals surface area contributed by atoms with E-state index >= 15 is 0 Å². The van der Waals surface area contributed by atoms with Crippen molar-refractivity contribution in [2.45, 2.75) is 12.8 Å². The van der Waals surface area contributed by atoms with Crippen LogP contribution < -0.4 is 11.1 Å². The van der Waals surface area contributed by atoms with E-state index in [1.807, 2.05) is 0 Å². The predicted octanol–water partition coefficient (Wildman–Crippen LogP) is 2.60. The van der Waals surface area contributed by atoms with E-state index in [0.29, 0.717) is 43.7 Å². The molecule has 3 heterocycles. The number of nitriles is 1. The van der Waals surface area contributed by atoms with Crippen LogP contribution in [0.2, 0.25) is 0 Å². The van der Waals surface area contributed by atoms with Crippen molar-refractivity contribution in [1.29, 1.82) is 5.26 Å². The third-order valence-electron chi connectivity index (χ3n) is 4.24. The van der Waals surface area contributed by atoms with Gasteiger partial charge in [0.15, 0.2) is 0 Å². The number of hydrogen-bond acceptors (Lipinski definition) is 6. The Morgan fingerprint density at radius 2 is 2.08 bits per heavy atom. The summed E-state index contributed by atoms with van der Waals surface area (Å²) in [4.78, 5) is 7.87.